The minimum atomic E-state index is -0.102. The molecular formula is C20H22IN5OS. The van der Waals surface area contributed by atoms with E-state index in [1.54, 1.807) is 12.4 Å². The van der Waals surface area contributed by atoms with Gasteiger partial charge in [0.1, 0.15) is 4.88 Å². The Bertz CT molecular complexity index is 1030. The number of carbonyl (C=O) groups excluding carboxylic acids is 1. The average molecular weight is 507 g/mol. The largest absolute Gasteiger partial charge is 0.368 e. The molecule has 1 amide bonds. The number of anilines is 1. The Morgan fingerprint density at radius 3 is 2.64 bits per heavy atom. The lowest BCUT2D eigenvalue weighted by atomic mass is 9.98. The zero-order chi connectivity index (χ0) is 20.5. The minimum Gasteiger partial charge on any atom is -0.368 e. The van der Waals surface area contributed by atoms with Crippen LogP contribution in [0.5, 0.6) is 0 Å². The Labute approximate surface area is 182 Å². The predicted molar refractivity (Wildman–Crippen MR) is 121 cm³/mol. The summed E-state index contributed by atoms with van der Waals surface area (Å²) in [4.78, 5) is 25.8. The van der Waals surface area contributed by atoms with Gasteiger partial charge >= 0.3 is 0 Å². The molecule has 3 N–H and O–H groups in total. The smallest absolute Gasteiger partial charge is 0.263 e. The van der Waals surface area contributed by atoms with Crippen molar-refractivity contribution in [3.8, 4) is 11.3 Å². The molecule has 0 aliphatic heterocycles. The molecule has 2 heterocycles. The van der Waals surface area contributed by atoms with Crippen LogP contribution < -0.4 is 11.1 Å². The Morgan fingerprint density at radius 1 is 1.25 bits per heavy atom. The van der Waals surface area contributed by atoms with Gasteiger partial charge in [-0.15, -0.1) is 11.3 Å². The van der Waals surface area contributed by atoms with E-state index in [9.17, 15) is 4.79 Å². The summed E-state index contributed by atoms with van der Waals surface area (Å²) in [6.45, 7) is 8.74. The molecule has 0 unspecified atom stereocenters. The summed E-state index contributed by atoms with van der Waals surface area (Å²) in [5.41, 5.74) is 9.57. The molecule has 0 aliphatic carbocycles. The van der Waals surface area contributed by atoms with Crippen LogP contribution in [-0.4, -0.2) is 20.9 Å². The van der Waals surface area contributed by atoms with Crippen molar-refractivity contribution < 1.29 is 4.79 Å². The first-order valence-corrected chi connectivity index (χ1v) is 10.7. The number of rotatable bonds is 4. The topological polar surface area (TPSA) is 93.8 Å². The third-order valence-electron chi connectivity index (χ3n) is 4.19. The standard InChI is InChI=1S/C20H22IN5OS/c1-11-7-12(16-14(21)9-25-19(22)26-16)5-6-13(11)8-23-17(27)15-10-24-18(28-15)20(2,3)4/h5-7,9-10H,8H2,1-4H3,(H,23,27)(H2,22,25,26). The molecule has 28 heavy (non-hydrogen) atoms. The molecule has 6 nitrogen and oxygen atoms in total. The van der Waals surface area contributed by atoms with E-state index in [2.05, 4.69) is 69.7 Å². The summed E-state index contributed by atoms with van der Waals surface area (Å²) >= 11 is 3.64. The van der Waals surface area contributed by atoms with Gasteiger partial charge in [0.05, 0.1) is 20.5 Å². The molecule has 0 radical (unpaired) electrons. The summed E-state index contributed by atoms with van der Waals surface area (Å²) in [5.74, 6) is 0.151. The van der Waals surface area contributed by atoms with Crippen LogP contribution in [0.15, 0.2) is 30.6 Å². The number of hydrogen-bond donors (Lipinski definition) is 2. The number of thiazole rings is 1. The number of halogens is 1. The van der Waals surface area contributed by atoms with Gasteiger partial charge in [0.2, 0.25) is 5.95 Å². The van der Waals surface area contributed by atoms with Crippen LogP contribution in [-0.2, 0) is 12.0 Å². The fraction of sp³-hybridized carbons (Fsp3) is 0.300. The highest BCUT2D eigenvalue weighted by Crippen LogP contribution is 2.27. The average Bonchev–Trinajstić information content (AvgIpc) is 3.13. The molecule has 0 atom stereocenters. The van der Waals surface area contributed by atoms with Crippen LogP contribution in [0.3, 0.4) is 0 Å². The molecule has 146 valence electrons. The van der Waals surface area contributed by atoms with Crippen molar-refractivity contribution in [3.63, 3.8) is 0 Å². The van der Waals surface area contributed by atoms with Crippen molar-refractivity contribution in [1.82, 2.24) is 20.3 Å². The summed E-state index contributed by atoms with van der Waals surface area (Å²) in [6.07, 6.45) is 3.36. The van der Waals surface area contributed by atoms with E-state index in [1.807, 2.05) is 19.1 Å². The number of carbonyl (C=O) groups is 1. The Balaban J connectivity index is 1.72. The molecule has 3 aromatic rings. The second kappa shape index (κ2) is 8.12. The highest BCUT2D eigenvalue weighted by Gasteiger charge is 2.20. The second-order valence-corrected chi connectivity index (χ2v) is 9.72. The van der Waals surface area contributed by atoms with Crippen LogP contribution >= 0.6 is 33.9 Å². The molecule has 0 saturated carbocycles. The highest BCUT2D eigenvalue weighted by molar-refractivity contribution is 14.1. The lowest BCUT2D eigenvalue weighted by molar-refractivity contribution is 0.0954. The number of aromatic nitrogens is 3. The molecule has 8 heteroatoms. The summed E-state index contributed by atoms with van der Waals surface area (Å²) in [5, 5.41) is 3.94. The summed E-state index contributed by atoms with van der Waals surface area (Å²) < 4.78 is 0.937. The lowest BCUT2D eigenvalue weighted by Crippen LogP contribution is -2.22. The maximum atomic E-state index is 12.5. The Morgan fingerprint density at radius 2 is 2.00 bits per heavy atom. The zero-order valence-corrected chi connectivity index (χ0v) is 19.2. The van der Waals surface area contributed by atoms with E-state index in [0.717, 1.165) is 31.0 Å². The molecular weight excluding hydrogens is 485 g/mol. The lowest BCUT2D eigenvalue weighted by Gasteiger charge is -2.13. The van der Waals surface area contributed by atoms with Crippen LogP contribution in [0, 0.1) is 10.5 Å². The Kier molecular flexibility index (Phi) is 5.99. The van der Waals surface area contributed by atoms with Gasteiger partial charge in [0.25, 0.3) is 5.91 Å². The fourth-order valence-electron chi connectivity index (χ4n) is 2.61. The SMILES string of the molecule is Cc1cc(-c2nc(N)ncc2I)ccc1CNC(=O)c1cnc(C(C)(C)C)s1. The molecule has 0 spiro atoms. The van der Waals surface area contributed by atoms with Crippen molar-refractivity contribution in [2.45, 2.75) is 39.7 Å². The third kappa shape index (κ3) is 4.67. The normalized spacial score (nSPS) is 11.5. The summed E-state index contributed by atoms with van der Waals surface area (Å²) in [6, 6.07) is 6.05. The van der Waals surface area contributed by atoms with E-state index in [4.69, 9.17) is 5.73 Å². The number of aryl methyl sites for hydroxylation is 1. The first-order valence-electron chi connectivity index (χ1n) is 8.77. The van der Waals surface area contributed by atoms with E-state index in [0.29, 0.717) is 11.4 Å². The number of nitrogen functional groups attached to an aromatic ring is 1. The molecule has 2 aromatic heterocycles. The van der Waals surface area contributed by atoms with Gasteiger partial charge in [0, 0.05) is 23.7 Å². The molecule has 1 aromatic carbocycles. The van der Waals surface area contributed by atoms with Crippen LogP contribution in [0.1, 0.15) is 46.6 Å². The molecule has 3 rings (SSSR count). The highest BCUT2D eigenvalue weighted by atomic mass is 127. The van der Waals surface area contributed by atoms with Crippen molar-refractivity contribution >= 4 is 45.8 Å². The van der Waals surface area contributed by atoms with E-state index in [-0.39, 0.29) is 17.3 Å². The fourth-order valence-corrected chi connectivity index (χ4v) is 4.07. The van der Waals surface area contributed by atoms with Crippen LogP contribution in [0.25, 0.3) is 11.3 Å². The van der Waals surface area contributed by atoms with Gasteiger partial charge in [0.15, 0.2) is 0 Å². The second-order valence-electron chi connectivity index (χ2n) is 7.53. The van der Waals surface area contributed by atoms with E-state index in [1.165, 1.54) is 11.3 Å². The van der Waals surface area contributed by atoms with Gasteiger partial charge < -0.3 is 11.1 Å². The molecule has 0 fully saturated rings. The first kappa shape index (κ1) is 20.7. The number of nitrogens with one attached hydrogen (secondary N) is 1. The Hall–Kier alpha value is -2.07. The maximum absolute atomic E-state index is 12.5. The number of nitrogens with two attached hydrogens (primary N) is 1. The third-order valence-corrected chi connectivity index (χ3v) is 6.40. The number of hydrogen-bond acceptors (Lipinski definition) is 6. The van der Waals surface area contributed by atoms with Gasteiger partial charge in [-0.3, -0.25) is 4.79 Å². The van der Waals surface area contributed by atoms with Crippen LogP contribution in [0.2, 0.25) is 0 Å². The monoisotopic (exact) mass is 507 g/mol. The van der Waals surface area contributed by atoms with E-state index >= 15 is 0 Å². The van der Waals surface area contributed by atoms with Gasteiger partial charge in [-0.05, 0) is 46.7 Å². The quantitative estimate of drug-likeness (QED) is 0.513. The predicted octanol–water partition coefficient (Wildman–Crippen LogP) is 4.32. The van der Waals surface area contributed by atoms with E-state index < -0.39 is 0 Å². The number of benzene rings is 1. The van der Waals surface area contributed by atoms with Crippen LogP contribution in [0.4, 0.5) is 5.95 Å². The summed E-state index contributed by atoms with van der Waals surface area (Å²) in [7, 11) is 0. The molecule has 0 saturated heterocycles. The molecule has 0 aliphatic rings. The van der Waals surface area contributed by atoms with Crippen molar-refractivity contribution in [2.24, 2.45) is 0 Å². The van der Waals surface area contributed by atoms with Gasteiger partial charge in [-0.2, -0.15) is 0 Å². The first-order chi connectivity index (χ1) is 13.1. The minimum absolute atomic E-state index is 0.0580. The van der Waals surface area contributed by atoms with Crippen molar-refractivity contribution in [2.75, 3.05) is 5.73 Å². The number of nitrogens with zero attached hydrogens (tertiary/aromatic N) is 3. The van der Waals surface area contributed by atoms with Gasteiger partial charge in [-0.25, -0.2) is 15.0 Å². The zero-order valence-electron chi connectivity index (χ0n) is 16.2. The van der Waals surface area contributed by atoms with Crippen molar-refractivity contribution in [3.05, 3.63) is 55.2 Å². The van der Waals surface area contributed by atoms with Gasteiger partial charge in [-0.1, -0.05) is 32.9 Å². The molecule has 0 bridgehead atoms. The van der Waals surface area contributed by atoms with Crippen molar-refractivity contribution in [1.29, 1.82) is 0 Å². The maximum Gasteiger partial charge on any atom is 0.263 e. The number of amides is 1.